The van der Waals surface area contributed by atoms with Crippen molar-refractivity contribution in [1.29, 1.82) is 0 Å². The maximum absolute atomic E-state index is 13.0. The van der Waals surface area contributed by atoms with Gasteiger partial charge in [0.15, 0.2) is 11.5 Å². The molecule has 138 valence electrons. The lowest BCUT2D eigenvalue weighted by Crippen LogP contribution is -2.11. The standard InChI is InChI=1S/C11H3Cl3F3N5O4/c12-4-2-18-10(14)20-9(4)19-7-5(21(23)24)1-3(11(15,16)17)6(13)8(7)22(25)26/h1-2H,(H,18,19,20). The molecule has 0 spiro atoms. The van der Waals surface area contributed by atoms with Crippen molar-refractivity contribution in [2.75, 3.05) is 5.32 Å². The first-order valence-corrected chi connectivity index (χ1v) is 7.24. The number of nitrogens with one attached hydrogen (secondary N) is 1. The summed E-state index contributed by atoms with van der Waals surface area (Å²) in [5, 5.41) is 22.6. The minimum Gasteiger partial charge on any atom is -0.327 e. The van der Waals surface area contributed by atoms with E-state index < -0.39 is 49.5 Å². The van der Waals surface area contributed by atoms with Crippen LogP contribution in [0, 0.1) is 20.2 Å². The third kappa shape index (κ3) is 3.86. The highest BCUT2D eigenvalue weighted by atomic mass is 35.5. The van der Waals surface area contributed by atoms with Gasteiger partial charge in [0.05, 0.1) is 21.6 Å². The molecule has 0 aliphatic rings. The molecule has 0 amide bonds. The topological polar surface area (TPSA) is 124 Å². The van der Waals surface area contributed by atoms with Crippen LogP contribution in [0.3, 0.4) is 0 Å². The zero-order valence-electron chi connectivity index (χ0n) is 11.8. The zero-order valence-corrected chi connectivity index (χ0v) is 14.1. The summed E-state index contributed by atoms with van der Waals surface area (Å²) in [7, 11) is 0. The van der Waals surface area contributed by atoms with Crippen LogP contribution in [0.5, 0.6) is 0 Å². The van der Waals surface area contributed by atoms with Gasteiger partial charge in [-0.05, 0) is 11.6 Å². The van der Waals surface area contributed by atoms with Crippen molar-refractivity contribution in [3.63, 3.8) is 0 Å². The molecule has 0 fully saturated rings. The van der Waals surface area contributed by atoms with Gasteiger partial charge in [-0.15, -0.1) is 0 Å². The number of nitrogens with zero attached hydrogens (tertiary/aromatic N) is 4. The molecule has 26 heavy (non-hydrogen) atoms. The molecule has 0 unspecified atom stereocenters. The highest BCUT2D eigenvalue weighted by molar-refractivity contribution is 6.35. The van der Waals surface area contributed by atoms with E-state index in [0.29, 0.717) is 0 Å². The normalized spacial score (nSPS) is 11.3. The largest absolute Gasteiger partial charge is 0.418 e. The Morgan fingerprint density at radius 1 is 1.12 bits per heavy atom. The molecule has 2 aromatic rings. The molecule has 1 aromatic heterocycles. The number of hydrogen-bond acceptors (Lipinski definition) is 7. The Morgan fingerprint density at radius 3 is 2.23 bits per heavy atom. The van der Waals surface area contributed by atoms with Gasteiger partial charge in [-0.1, -0.05) is 23.2 Å². The van der Waals surface area contributed by atoms with Gasteiger partial charge in [0.25, 0.3) is 0 Å². The van der Waals surface area contributed by atoms with Gasteiger partial charge in [0, 0.05) is 6.07 Å². The maximum atomic E-state index is 13.0. The average molecular weight is 433 g/mol. The first-order valence-electron chi connectivity index (χ1n) is 6.11. The number of hydrogen-bond donors (Lipinski definition) is 1. The van der Waals surface area contributed by atoms with E-state index in [4.69, 9.17) is 34.8 Å². The van der Waals surface area contributed by atoms with Gasteiger partial charge in [-0.25, -0.2) is 4.98 Å². The third-order valence-corrected chi connectivity index (χ3v) is 3.70. The molecule has 0 aliphatic heterocycles. The minimum absolute atomic E-state index is 0.0639. The second-order valence-corrected chi connectivity index (χ2v) is 5.58. The Hall–Kier alpha value is -2.44. The second-order valence-electron chi connectivity index (χ2n) is 4.45. The Labute approximate surface area is 156 Å². The number of aromatic nitrogens is 2. The summed E-state index contributed by atoms with van der Waals surface area (Å²) in [5.74, 6) is -0.409. The van der Waals surface area contributed by atoms with Gasteiger partial charge in [0.2, 0.25) is 5.28 Å². The summed E-state index contributed by atoms with van der Waals surface area (Å²) in [6.07, 6.45) is -4.19. The Bertz CT molecular complexity index is 925. The molecule has 0 saturated carbocycles. The molecule has 1 N–H and O–H groups in total. The van der Waals surface area contributed by atoms with Gasteiger partial charge in [-0.2, -0.15) is 18.2 Å². The first kappa shape index (κ1) is 19.9. The molecule has 2 rings (SSSR count). The monoisotopic (exact) mass is 431 g/mol. The van der Waals surface area contributed by atoms with E-state index in [2.05, 4.69) is 15.3 Å². The number of anilines is 2. The number of rotatable bonds is 4. The molecule has 1 aromatic carbocycles. The van der Waals surface area contributed by atoms with Crippen LogP contribution < -0.4 is 5.32 Å². The van der Waals surface area contributed by atoms with Crippen LogP contribution in [0.4, 0.5) is 36.1 Å². The van der Waals surface area contributed by atoms with Crippen molar-refractivity contribution in [2.45, 2.75) is 6.18 Å². The Kier molecular flexibility index (Phi) is 5.39. The maximum Gasteiger partial charge on any atom is 0.418 e. The highest BCUT2D eigenvalue weighted by Crippen LogP contribution is 2.48. The number of halogens is 6. The van der Waals surface area contributed by atoms with Gasteiger partial charge in [-0.3, -0.25) is 20.2 Å². The van der Waals surface area contributed by atoms with Gasteiger partial charge in [0.1, 0.15) is 10.0 Å². The highest BCUT2D eigenvalue weighted by Gasteiger charge is 2.42. The first-order chi connectivity index (χ1) is 11.9. The van der Waals surface area contributed by atoms with Gasteiger partial charge < -0.3 is 5.32 Å². The fraction of sp³-hybridized carbons (Fsp3) is 0.0909. The van der Waals surface area contributed by atoms with Crippen molar-refractivity contribution in [3.8, 4) is 0 Å². The van der Waals surface area contributed by atoms with Crippen LogP contribution in [-0.2, 0) is 6.18 Å². The Morgan fingerprint density at radius 2 is 1.73 bits per heavy atom. The fourth-order valence-corrected chi connectivity index (χ4v) is 2.42. The number of benzene rings is 1. The quantitative estimate of drug-likeness (QED) is 0.409. The zero-order chi connectivity index (χ0) is 19.8. The fourth-order valence-electron chi connectivity index (χ4n) is 1.83. The second kappa shape index (κ2) is 7.05. The molecule has 0 radical (unpaired) electrons. The average Bonchev–Trinajstić information content (AvgIpc) is 2.49. The predicted octanol–water partition coefficient (Wildman–Crippen LogP) is 5.02. The molecule has 0 bridgehead atoms. The van der Waals surface area contributed by atoms with E-state index >= 15 is 0 Å². The van der Waals surface area contributed by atoms with Gasteiger partial charge >= 0.3 is 17.6 Å². The molecular weight excluding hydrogens is 430 g/mol. The smallest absolute Gasteiger partial charge is 0.327 e. The summed E-state index contributed by atoms with van der Waals surface area (Å²) in [6, 6.07) is 0.0639. The predicted molar refractivity (Wildman–Crippen MR) is 85.1 cm³/mol. The van der Waals surface area contributed by atoms with E-state index in [0.717, 1.165) is 6.20 Å². The lowest BCUT2D eigenvalue weighted by molar-refractivity contribution is -0.392. The van der Waals surface area contributed by atoms with Crippen LogP contribution in [0.2, 0.25) is 15.3 Å². The van der Waals surface area contributed by atoms with Crippen molar-refractivity contribution >= 4 is 57.7 Å². The van der Waals surface area contributed by atoms with Crippen LogP contribution >= 0.6 is 34.8 Å². The van der Waals surface area contributed by atoms with E-state index in [1.165, 1.54) is 0 Å². The van der Waals surface area contributed by atoms with Crippen LogP contribution in [0.25, 0.3) is 0 Å². The Balaban J connectivity index is 2.82. The van der Waals surface area contributed by atoms with Crippen molar-refractivity contribution < 1.29 is 23.0 Å². The summed E-state index contributed by atoms with van der Waals surface area (Å²) < 4.78 is 39.0. The number of nitro benzene ring substituents is 2. The SMILES string of the molecule is O=[N+]([O-])c1cc(C(F)(F)F)c(Cl)c([N+](=O)[O-])c1Nc1nc(Cl)ncc1Cl. The lowest BCUT2D eigenvalue weighted by atomic mass is 10.1. The summed E-state index contributed by atoms with van der Waals surface area (Å²) in [6.45, 7) is 0. The number of nitro groups is 2. The minimum atomic E-state index is -5.17. The molecule has 9 nitrogen and oxygen atoms in total. The van der Waals surface area contributed by atoms with Crippen molar-refractivity contribution in [1.82, 2.24) is 9.97 Å². The van der Waals surface area contributed by atoms with E-state index in [1.807, 2.05) is 0 Å². The van der Waals surface area contributed by atoms with E-state index in [9.17, 15) is 33.4 Å². The molecule has 0 saturated heterocycles. The van der Waals surface area contributed by atoms with Crippen molar-refractivity contribution in [2.24, 2.45) is 0 Å². The molecule has 15 heteroatoms. The summed E-state index contributed by atoms with van der Waals surface area (Å²) >= 11 is 16.8. The molecule has 1 heterocycles. The van der Waals surface area contributed by atoms with Crippen molar-refractivity contribution in [3.05, 3.63) is 53.4 Å². The molecular formula is C11H3Cl3F3N5O4. The summed E-state index contributed by atoms with van der Waals surface area (Å²) in [4.78, 5) is 26.9. The summed E-state index contributed by atoms with van der Waals surface area (Å²) in [5.41, 5.74) is -5.33. The van der Waals surface area contributed by atoms with E-state index in [-0.39, 0.29) is 16.4 Å². The lowest BCUT2D eigenvalue weighted by Gasteiger charge is -2.13. The molecule has 0 atom stereocenters. The van der Waals surface area contributed by atoms with Crippen LogP contribution in [0.15, 0.2) is 12.3 Å². The number of alkyl halides is 3. The van der Waals surface area contributed by atoms with E-state index in [1.54, 1.807) is 0 Å². The third-order valence-electron chi connectivity index (χ3n) is 2.86. The molecule has 0 aliphatic carbocycles. The van der Waals surface area contributed by atoms with Crippen LogP contribution in [0.1, 0.15) is 5.56 Å². The van der Waals surface area contributed by atoms with Crippen LogP contribution in [-0.4, -0.2) is 19.8 Å².